The molecule has 0 aliphatic carbocycles. The standard InChI is InChI=1S/C19H33NO6/c1-12(2)9-14-16(13(11-21)10-15(22)24-8)25-19(6,7)20(14)17(23)26-18(3,4)5/h11-14,16H,9-10H2,1-8H3/t13?,14-,16-/m0/s1. The van der Waals surface area contributed by atoms with Crippen LogP contribution in [0.2, 0.25) is 0 Å². The Bertz CT molecular complexity index is 523. The molecule has 0 aromatic carbocycles. The van der Waals surface area contributed by atoms with Crippen molar-refractivity contribution in [2.75, 3.05) is 7.11 Å². The van der Waals surface area contributed by atoms with Crippen LogP contribution < -0.4 is 0 Å². The maximum Gasteiger partial charge on any atom is 0.412 e. The number of amides is 1. The molecular formula is C19H33NO6. The van der Waals surface area contributed by atoms with E-state index in [0.717, 1.165) is 0 Å². The van der Waals surface area contributed by atoms with Crippen LogP contribution in [0.25, 0.3) is 0 Å². The molecule has 7 heteroatoms. The predicted molar refractivity (Wildman–Crippen MR) is 96.5 cm³/mol. The third-order valence-electron chi connectivity index (χ3n) is 4.25. The van der Waals surface area contributed by atoms with Crippen LogP contribution in [-0.4, -0.2) is 53.8 Å². The molecule has 26 heavy (non-hydrogen) atoms. The van der Waals surface area contributed by atoms with E-state index in [4.69, 9.17) is 14.2 Å². The number of esters is 1. The highest BCUT2D eigenvalue weighted by atomic mass is 16.6. The number of nitrogens with zero attached hydrogens (tertiary/aromatic N) is 1. The lowest BCUT2D eigenvalue weighted by Crippen LogP contribution is -2.51. The summed E-state index contributed by atoms with van der Waals surface area (Å²) >= 11 is 0. The molecule has 1 rings (SSSR count). The molecule has 1 heterocycles. The summed E-state index contributed by atoms with van der Waals surface area (Å²) in [7, 11) is 1.28. The van der Waals surface area contributed by atoms with E-state index in [0.29, 0.717) is 12.7 Å². The zero-order valence-corrected chi connectivity index (χ0v) is 17.2. The van der Waals surface area contributed by atoms with E-state index >= 15 is 0 Å². The Morgan fingerprint density at radius 1 is 1.27 bits per heavy atom. The van der Waals surface area contributed by atoms with Gasteiger partial charge in [-0.05, 0) is 47.0 Å². The van der Waals surface area contributed by atoms with Gasteiger partial charge in [-0.25, -0.2) is 4.79 Å². The van der Waals surface area contributed by atoms with Crippen molar-refractivity contribution in [1.82, 2.24) is 4.90 Å². The monoisotopic (exact) mass is 371 g/mol. The first-order chi connectivity index (χ1) is 11.8. The minimum absolute atomic E-state index is 0.0858. The van der Waals surface area contributed by atoms with Gasteiger partial charge in [0.25, 0.3) is 0 Å². The fraction of sp³-hybridized carbons (Fsp3) is 0.842. The van der Waals surface area contributed by atoms with Gasteiger partial charge in [-0.15, -0.1) is 0 Å². The zero-order chi connectivity index (χ0) is 20.3. The van der Waals surface area contributed by atoms with Crippen molar-refractivity contribution in [1.29, 1.82) is 0 Å². The number of hydrogen-bond acceptors (Lipinski definition) is 6. The largest absolute Gasteiger partial charge is 0.469 e. The Hall–Kier alpha value is -1.63. The topological polar surface area (TPSA) is 82.1 Å². The third-order valence-corrected chi connectivity index (χ3v) is 4.25. The van der Waals surface area contributed by atoms with E-state index < -0.39 is 35.4 Å². The van der Waals surface area contributed by atoms with Gasteiger partial charge in [0.2, 0.25) is 0 Å². The van der Waals surface area contributed by atoms with Crippen LogP contribution in [0.15, 0.2) is 0 Å². The van der Waals surface area contributed by atoms with Crippen LogP contribution in [0.5, 0.6) is 0 Å². The summed E-state index contributed by atoms with van der Waals surface area (Å²) in [6.07, 6.45) is 0.162. The molecule has 0 N–H and O–H groups in total. The Morgan fingerprint density at radius 3 is 2.27 bits per heavy atom. The van der Waals surface area contributed by atoms with Crippen LogP contribution in [0.4, 0.5) is 4.79 Å². The van der Waals surface area contributed by atoms with Gasteiger partial charge in [0.05, 0.1) is 31.6 Å². The van der Waals surface area contributed by atoms with E-state index in [9.17, 15) is 14.4 Å². The molecule has 1 fully saturated rings. The maximum atomic E-state index is 12.8. The summed E-state index contributed by atoms with van der Waals surface area (Å²) in [6.45, 7) is 13.0. The highest BCUT2D eigenvalue weighted by Gasteiger charge is 2.53. The van der Waals surface area contributed by atoms with Crippen molar-refractivity contribution in [2.24, 2.45) is 11.8 Å². The second-order valence-electron chi connectivity index (χ2n) is 8.66. The lowest BCUT2D eigenvalue weighted by molar-refractivity contribution is -0.146. The minimum atomic E-state index is -0.954. The molecule has 1 aliphatic rings. The van der Waals surface area contributed by atoms with Crippen molar-refractivity contribution >= 4 is 18.3 Å². The van der Waals surface area contributed by atoms with Crippen molar-refractivity contribution < 1.29 is 28.6 Å². The van der Waals surface area contributed by atoms with Crippen LogP contribution >= 0.6 is 0 Å². The molecule has 7 nitrogen and oxygen atoms in total. The molecule has 1 unspecified atom stereocenters. The second-order valence-corrected chi connectivity index (χ2v) is 8.66. The van der Waals surface area contributed by atoms with Crippen LogP contribution in [0.1, 0.15) is 61.3 Å². The molecule has 0 spiro atoms. The van der Waals surface area contributed by atoms with Gasteiger partial charge >= 0.3 is 12.1 Å². The van der Waals surface area contributed by atoms with Gasteiger partial charge in [0, 0.05) is 0 Å². The van der Waals surface area contributed by atoms with Crippen molar-refractivity contribution in [3.8, 4) is 0 Å². The molecule has 0 bridgehead atoms. The number of carbonyl (C=O) groups excluding carboxylic acids is 3. The maximum absolute atomic E-state index is 12.8. The van der Waals surface area contributed by atoms with Crippen LogP contribution in [0, 0.1) is 11.8 Å². The second kappa shape index (κ2) is 8.37. The number of hydrogen-bond donors (Lipinski definition) is 0. The van der Waals surface area contributed by atoms with Gasteiger partial charge in [-0.3, -0.25) is 9.69 Å². The molecule has 1 aliphatic heterocycles. The average molecular weight is 371 g/mol. The fourth-order valence-corrected chi connectivity index (χ4v) is 3.29. The van der Waals surface area contributed by atoms with Crippen molar-refractivity contribution in [3.63, 3.8) is 0 Å². The molecule has 0 saturated carbocycles. The summed E-state index contributed by atoms with van der Waals surface area (Å²) in [4.78, 5) is 37.8. The first-order valence-corrected chi connectivity index (χ1v) is 9.04. The number of ether oxygens (including phenoxy) is 3. The smallest absolute Gasteiger partial charge is 0.412 e. The molecule has 1 amide bonds. The summed E-state index contributed by atoms with van der Waals surface area (Å²) in [6, 6.07) is -0.375. The first kappa shape index (κ1) is 22.4. The fourth-order valence-electron chi connectivity index (χ4n) is 3.29. The Labute approximate surface area is 156 Å². The molecule has 1 saturated heterocycles. The van der Waals surface area contributed by atoms with Crippen LogP contribution in [-0.2, 0) is 23.8 Å². The number of rotatable bonds is 6. The first-order valence-electron chi connectivity index (χ1n) is 9.04. The van der Waals surface area contributed by atoms with E-state index in [2.05, 4.69) is 0 Å². The van der Waals surface area contributed by atoms with Crippen molar-refractivity contribution in [2.45, 2.75) is 84.8 Å². The molecule has 150 valence electrons. The summed E-state index contributed by atoms with van der Waals surface area (Å²) in [5.41, 5.74) is -1.60. The van der Waals surface area contributed by atoms with Gasteiger partial charge in [-0.1, -0.05) is 13.8 Å². The van der Waals surface area contributed by atoms with E-state index in [1.807, 2.05) is 13.8 Å². The molecule has 0 aromatic heterocycles. The number of methoxy groups -OCH3 is 1. The normalized spacial score (nSPS) is 23.7. The summed E-state index contributed by atoms with van der Waals surface area (Å²) in [5.74, 6) is -0.921. The van der Waals surface area contributed by atoms with Gasteiger partial charge in [0.15, 0.2) is 0 Å². The van der Waals surface area contributed by atoms with E-state index in [1.54, 1.807) is 39.5 Å². The lowest BCUT2D eigenvalue weighted by atomic mass is 9.89. The average Bonchev–Trinajstić information content (AvgIpc) is 2.72. The summed E-state index contributed by atoms with van der Waals surface area (Å²) in [5, 5.41) is 0. The highest BCUT2D eigenvalue weighted by molar-refractivity contribution is 5.74. The Balaban J connectivity index is 3.21. The quantitative estimate of drug-likeness (QED) is 0.527. The zero-order valence-electron chi connectivity index (χ0n) is 17.2. The molecule has 0 radical (unpaired) electrons. The Morgan fingerprint density at radius 2 is 1.85 bits per heavy atom. The predicted octanol–water partition coefficient (Wildman–Crippen LogP) is 3.15. The van der Waals surface area contributed by atoms with Gasteiger partial charge < -0.3 is 19.0 Å². The van der Waals surface area contributed by atoms with E-state index in [-0.39, 0.29) is 18.4 Å². The SMILES string of the molecule is COC(=O)CC(C=O)[C@@H]1OC(C)(C)N(C(=O)OC(C)(C)C)[C@H]1CC(C)C. The summed E-state index contributed by atoms with van der Waals surface area (Å²) < 4.78 is 16.3. The van der Waals surface area contributed by atoms with E-state index in [1.165, 1.54) is 7.11 Å². The lowest BCUT2D eigenvalue weighted by Gasteiger charge is -2.35. The van der Waals surface area contributed by atoms with Crippen LogP contribution in [0.3, 0.4) is 0 Å². The highest BCUT2D eigenvalue weighted by Crippen LogP contribution is 2.39. The van der Waals surface area contributed by atoms with Gasteiger partial charge in [0.1, 0.15) is 17.6 Å². The minimum Gasteiger partial charge on any atom is -0.469 e. The molecular weight excluding hydrogens is 338 g/mol. The van der Waals surface area contributed by atoms with Gasteiger partial charge in [-0.2, -0.15) is 0 Å². The Kier molecular flexibility index (Phi) is 7.22. The number of aldehydes is 1. The molecule has 3 atom stereocenters. The van der Waals surface area contributed by atoms with Crippen molar-refractivity contribution in [3.05, 3.63) is 0 Å². The number of carbonyl (C=O) groups is 3. The molecule has 0 aromatic rings. The third kappa shape index (κ3) is 5.69.